The number of benzene rings is 1. The largest absolute Gasteiger partial charge is 0.401 e. The Bertz CT molecular complexity index is 1300. The molecule has 0 aliphatic heterocycles. The van der Waals surface area contributed by atoms with Gasteiger partial charge in [-0.25, -0.2) is 14.2 Å². The minimum absolute atomic E-state index is 0.0820. The van der Waals surface area contributed by atoms with Crippen molar-refractivity contribution in [2.75, 3.05) is 6.61 Å². The molecule has 0 radical (unpaired) electrons. The smallest absolute Gasteiger partial charge is 0.360 e. The van der Waals surface area contributed by atoms with E-state index in [-0.39, 0.29) is 22.2 Å². The number of nitrogens with one attached hydrogen (secondary N) is 1. The number of hydrogen-bond acceptors (Lipinski definition) is 5. The van der Waals surface area contributed by atoms with E-state index in [4.69, 9.17) is 33.1 Å². The van der Waals surface area contributed by atoms with Gasteiger partial charge in [0.15, 0.2) is 11.8 Å². The van der Waals surface area contributed by atoms with Crippen LogP contribution < -0.4 is 10.5 Å². The number of aliphatic hydroxyl groups excluding tert-OH is 1. The quantitative estimate of drug-likeness (QED) is 0.406. The fraction of sp³-hybridized carbons (Fsp3) is 0.250. The number of fused-ring (bicyclic) bond motifs is 1. The molecule has 1 aromatic carbocycles. The van der Waals surface area contributed by atoms with Crippen LogP contribution >= 0.6 is 23.2 Å². The fourth-order valence-corrected chi connectivity index (χ4v) is 3.89. The summed E-state index contributed by atoms with van der Waals surface area (Å²) in [5.41, 5.74) is 1.78. The number of aryl methyl sites for hydroxylation is 1. The third-order valence-corrected chi connectivity index (χ3v) is 5.44. The number of hydrogen-bond donors (Lipinski definition) is 2. The highest BCUT2D eigenvalue weighted by Gasteiger charge is 2.21. The molecule has 4 aromatic rings. The van der Waals surface area contributed by atoms with Crippen LogP contribution in [0.1, 0.15) is 25.0 Å². The molecule has 2 N–H and O–H groups in total. The number of H-pyrrole nitrogens is 1. The van der Waals surface area contributed by atoms with E-state index in [1.165, 1.54) is 6.07 Å². The maximum absolute atomic E-state index is 13.9. The fourth-order valence-electron chi connectivity index (χ4n) is 3.21. The summed E-state index contributed by atoms with van der Waals surface area (Å²) in [5.74, 6) is -0.631. The summed E-state index contributed by atoms with van der Waals surface area (Å²) in [6, 6.07) is 5.96. The highest BCUT2D eigenvalue weighted by Crippen LogP contribution is 2.33. The molecule has 3 aromatic heterocycles. The molecule has 1 atom stereocenters. The van der Waals surface area contributed by atoms with E-state index in [9.17, 15) is 9.18 Å². The lowest BCUT2D eigenvalue weighted by atomic mass is 10.1. The molecule has 1 unspecified atom stereocenters. The first-order chi connectivity index (χ1) is 14.9. The summed E-state index contributed by atoms with van der Waals surface area (Å²) in [4.78, 5) is 25.4. The van der Waals surface area contributed by atoms with Crippen molar-refractivity contribution in [3.05, 3.63) is 68.6 Å². The molecule has 31 heavy (non-hydrogen) atoms. The Morgan fingerprint density at radius 1 is 1.29 bits per heavy atom. The first kappa shape index (κ1) is 21.4. The molecule has 0 spiro atoms. The van der Waals surface area contributed by atoms with Gasteiger partial charge < -0.3 is 9.94 Å². The molecule has 0 aliphatic rings. The lowest BCUT2D eigenvalue weighted by Gasteiger charge is -2.17. The number of nitrogens with zero attached hydrogens (tertiary/aromatic N) is 4. The zero-order valence-electron chi connectivity index (χ0n) is 16.3. The van der Waals surface area contributed by atoms with Crippen molar-refractivity contribution in [1.82, 2.24) is 24.5 Å². The number of halogens is 3. The van der Waals surface area contributed by atoms with Crippen LogP contribution in [0.3, 0.4) is 0 Å². The molecule has 0 aliphatic carbocycles. The van der Waals surface area contributed by atoms with Crippen LogP contribution in [0, 0.1) is 5.82 Å². The monoisotopic (exact) mass is 465 g/mol. The van der Waals surface area contributed by atoms with Gasteiger partial charge in [0.05, 0.1) is 16.9 Å². The second-order valence-corrected chi connectivity index (χ2v) is 7.65. The van der Waals surface area contributed by atoms with Crippen molar-refractivity contribution in [3.63, 3.8) is 0 Å². The molecule has 3 heterocycles. The first-order valence-electron chi connectivity index (χ1n) is 9.45. The van der Waals surface area contributed by atoms with E-state index in [0.717, 1.165) is 16.4 Å². The van der Waals surface area contributed by atoms with Gasteiger partial charge in [0.2, 0.25) is 0 Å². The van der Waals surface area contributed by atoms with Gasteiger partial charge in [0, 0.05) is 35.5 Å². The maximum Gasteiger partial charge on any atom is 0.360 e. The molecular weight excluding hydrogens is 448 g/mol. The van der Waals surface area contributed by atoms with Gasteiger partial charge in [-0.1, -0.05) is 23.2 Å². The predicted molar refractivity (Wildman–Crippen MR) is 115 cm³/mol. The molecule has 162 valence electrons. The Kier molecular flexibility index (Phi) is 5.99. The van der Waals surface area contributed by atoms with Gasteiger partial charge in [-0.3, -0.25) is 9.67 Å². The van der Waals surface area contributed by atoms with Crippen LogP contribution in [-0.2, 0) is 6.54 Å². The molecule has 0 fully saturated rings. The van der Waals surface area contributed by atoms with Crippen LogP contribution in [0.25, 0.3) is 22.4 Å². The van der Waals surface area contributed by atoms with E-state index in [2.05, 4.69) is 15.1 Å². The summed E-state index contributed by atoms with van der Waals surface area (Å²) in [7, 11) is 0. The van der Waals surface area contributed by atoms with Crippen molar-refractivity contribution in [1.29, 1.82) is 0 Å². The van der Waals surface area contributed by atoms with Gasteiger partial charge in [-0.2, -0.15) is 5.10 Å². The highest BCUT2D eigenvalue weighted by atomic mass is 35.5. The van der Waals surface area contributed by atoms with Gasteiger partial charge >= 0.3 is 5.69 Å². The van der Waals surface area contributed by atoms with Crippen molar-refractivity contribution < 1.29 is 14.3 Å². The second-order valence-electron chi connectivity index (χ2n) is 6.86. The standard InChI is InChI=1S/C20H18Cl2FN5O3/c1-11(17-13(21)3-4-14(23)18(17)22)31-28-16-6-5-15(25-19(16)26-20(28)30)12-9-24-27(10-12)7-2-8-29/h3-6,9-11,29H,2,7-8H2,1H3,(H,25,26,30). The maximum atomic E-state index is 13.9. The molecule has 0 saturated heterocycles. The minimum Gasteiger partial charge on any atom is -0.401 e. The number of imidazole rings is 1. The number of aliphatic hydroxyl groups is 1. The number of aromatic nitrogens is 5. The number of rotatable bonds is 7. The van der Waals surface area contributed by atoms with Crippen molar-refractivity contribution in [3.8, 4) is 11.3 Å². The van der Waals surface area contributed by atoms with Crippen LogP contribution in [0.5, 0.6) is 0 Å². The topological polar surface area (TPSA) is 98.0 Å². The average Bonchev–Trinajstić information content (AvgIpc) is 3.34. The Morgan fingerprint density at radius 3 is 2.87 bits per heavy atom. The predicted octanol–water partition coefficient (Wildman–Crippen LogP) is 3.61. The molecule has 4 rings (SSSR count). The van der Waals surface area contributed by atoms with E-state index in [1.54, 1.807) is 29.9 Å². The van der Waals surface area contributed by atoms with Crippen molar-refractivity contribution in [2.24, 2.45) is 0 Å². The van der Waals surface area contributed by atoms with Gasteiger partial charge in [0.25, 0.3) is 0 Å². The highest BCUT2D eigenvalue weighted by molar-refractivity contribution is 6.36. The molecule has 8 nitrogen and oxygen atoms in total. The number of pyridine rings is 1. The van der Waals surface area contributed by atoms with E-state index in [0.29, 0.717) is 29.8 Å². The molecule has 11 heteroatoms. The Hall–Kier alpha value is -2.88. The van der Waals surface area contributed by atoms with E-state index in [1.807, 2.05) is 6.20 Å². The molecule has 0 saturated carbocycles. The van der Waals surface area contributed by atoms with E-state index < -0.39 is 17.6 Å². The summed E-state index contributed by atoms with van der Waals surface area (Å²) in [6.45, 7) is 2.28. The lowest BCUT2D eigenvalue weighted by Crippen LogP contribution is -2.26. The van der Waals surface area contributed by atoms with Crippen LogP contribution in [0.15, 0.2) is 41.5 Å². The third kappa shape index (κ3) is 4.16. The average molecular weight is 466 g/mol. The first-order valence-corrected chi connectivity index (χ1v) is 10.2. The normalized spacial score (nSPS) is 12.4. The van der Waals surface area contributed by atoms with Crippen LogP contribution in [0.2, 0.25) is 10.0 Å². The molecule has 0 bridgehead atoms. The minimum atomic E-state index is -0.808. The van der Waals surface area contributed by atoms with Gasteiger partial charge in [0.1, 0.15) is 11.3 Å². The summed E-state index contributed by atoms with van der Waals surface area (Å²) in [5, 5.41) is 13.2. The summed E-state index contributed by atoms with van der Waals surface area (Å²) in [6.07, 6.45) is 3.26. The van der Waals surface area contributed by atoms with Crippen molar-refractivity contribution in [2.45, 2.75) is 26.0 Å². The summed E-state index contributed by atoms with van der Waals surface area (Å²) >= 11 is 12.2. The Labute approximate surface area is 185 Å². The van der Waals surface area contributed by atoms with E-state index >= 15 is 0 Å². The van der Waals surface area contributed by atoms with Gasteiger partial charge in [-0.05, 0) is 37.6 Å². The summed E-state index contributed by atoms with van der Waals surface area (Å²) < 4.78 is 16.6. The van der Waals surface area contributed by atoms with Crippen LogP contribution in [-0.4, -0.2) is 36.2 Å². The lowest BCUT2D eigenvalue weighted by molar-refractivity contribution is 0.0492. The van der Waals surface area contributed by atoms with Crippen molar-refractivity contribution >= 4 is 34.4 Å². The zero-order valence-corrected chi connectivity index (χ0v) is 17.9. The number of aromatic amines is 1. The second kappa shape index (κ2) is 8.70. The molecule has 0 amide bonds. The van der Waals surface area contributed by atoms with Crippen LogP contribution in [0.4, 0.5) is 4.39 Å². The molecular formula is C20H18Cl2FN5O3. The zero-order chi connectivity index (χ0) is 22.1. The SMILES string of the molecule is CC(On1c(=O)[nH]c2nc(-c3cnn(CCCO)c3)ccc21)c1c(Cl)ccc(F)c1Cl. The third-order valence-electron chi connectivity index (χ3n) is 4.73. The van der Waals surface area contributed by atoms with Gasteiger partial charge in [-0.15, -0.1) is 4.73 Å². The Balaban J connectivity index is 1.65. The Morgan fingerprint density at radius 2 is 2.10 bits per heavy atom.